The van der Waals surface area contributed by atoms with Crippen LogP contribution in [0, 0.1) is 11.8 Å². The standard InChI is InChI=1S/C15H27N3/c1-12(2)16-11-14-7-5-4-6-13(14)10-15-8-9-18(3)17-15/h8-9,12-14,16H,4-7,10-11H2,1-3H3. The molecule has 1 aliphatic rings. The lowest BCUT2D eigenvalue weighted by Gasteiger charge is -2.32. The van der Waals surface area contributed by atoms with E-state index < -0.39 is 0 Å². The first kappa shape index (κ1) is 13.6. The van der Waals surface area contributed by atoms with Gasteiger partial charge in [0.1, 0.15) is 0 Å². The van der Waals surface area contributed by atoms with Crippen molar-refractivity contribution in [3.63, 3.8) is 0 Å². The first-order valence-electron chi connectivity index (χ1n) is 7.37. The van der Waals surface area contributed by atoms with Crippen molar-refractivity contribution in [2.24, 2.45) is 18.9 Å². The second-order valence-corrected chi connectivity index (χ2v) is 6.05. The third-order valence-corrected chi connectivity index (χ3v) is 4.09. The quantitative estimate of drug-likeness (QED) is 0.869. The fraction of sp³-hybridized carbons (Fsp3) is 0.800. The molecule has 0 saturated heterocycles. The molecule has 1 N–H and O–H groups in total. The van der Waals surface area contributed by atoms with Gasteiger partial charge in [0.05, 0.1) is 5.69 Å². The second kappa shape index (κ2) is 6.37. The summed E-state index contributed by atoms with van der Waals surface area (Å²) in [4.78, 5) is 0. The molecule has 3 heteroatoms. The normalized spacial score (nSPS) is 24.7. The lowest BCUT2D eigenvalue weighted by atomic mass is 9.77. The van der Waals surface area contributed by atoms with Crippen LogP contribution in [0.25, 0.3) is 0 Å². The van der Waals surface area contributed by atoms with E-state index in [9.17, 15) is 0 Å². The van der Waals surface area contributed by atoms with Gasteiger partial charge in [-0.05, 0) is 43.7 Å². The number of aromatic nitrogens is 2. The zero-order chi connectivity index (χ0) is 13.0. The number of aryl methyl sites for hydroxylation is 1. The van der Waals surface area contributed by atoms with Crippen molar-refractivity contribution in [1.82, 2.24) is 15.1 Å². The summed E-state index contributed by atoms with van der Waals surface area (Å²) < 4.78 is 1.92. The van der Waals surface area contributed by atoms with E-state index in [1.807, 2.05) is 11.7 Å². The van der Waals surface area contributed by atoms with Gasteiger partial charge < -0.3 is 5.32 Å². The molecule has 0 aliphatic heterocycles. The summed E-state index contributed by atoms with van der Waals surface area (Å²) >= 11 is 0. The number of hydrogen-bond acceptors (Lipinski definition) is 2. The fourth-order valence-corrected chi connectivity index (χ4v) is 3.05. The minimum absolute atomic E-state index is 0.599. The first-order chi connectivity index (χ1) is 8.65. The summed E-state index contributed by atoms with van der Waals surface area (Å²) in [5.74, 6) is 1.66. The molecule has 3 nitrogen and oxygen atoms in total. The van der Waals surface area contributed by atoms with Crippen LogP contribution >= 0.6 is 0 Å². The van der Waals surface area contributed by atoms with Gasteiger partial charge in [-0.1, -0.05) is 26.7 Å². The highest BCUT2D eigenvalue weighted by Crippen LogP contribution is 2.31. The number of rotatable bonds is 5. The molecular formula is C15H27N3. The lowest BCUT2D eigenvalue weighted by Crippen LogP contribution is -2.35. The summed E-state index contributed by atoms with van der Waals surface area (Å²) in [7, 11) is 2.00. The van der Waals surface area contributed by atoms with Gasteiger partial charge in [-0.15, -0.1) is 0 Å². The van der Waals surface area contributed by atoms with Gasteiger partial charge in [-0.2, -0.15) is 5.10 Å². The van der Waals surface area contributed by atoms with Crippen LogP contribution < -0.4 is 5.32 Å². The molecule has 18 heavy (non-hydrogen) atoms. The molecule has 1 saturated carbocycles. The predicted octanol–water partition coefficient (Wildman–Crippen LogP) is 2.77. The maximum atomic E-state index is 4.53. The van der Waals surface area contributed by atoms with Crippen molar-refractivity contribution in [2.75, 3.05) is 6.54 Å². The third-order valence-electron chi connectivity index (χ3n) is 4.09. The minimum atomic E-state index is 0.599. The van der Waals surface area contributed by atoms with Gasteiger partial charge in [-0.25, -0.2) is 0 Å². The van der Waals surface area contributed by atoms with Gasteiger partial charge in [0.15, 0.2) is 0 Å². The molecule has 102 valence electrons. The van der Waals surface area contributed by atoms with Crippen LogP contribution in [0.4, 0.5) is 0 Å². The van der Waals surface area contributed by atoms with Crippen molar-refractivity contribution in [3.8, 4) is 0 Å². The smallest absolute Gasteiger partial charge is 0.0627 e. The van der Waals surface area contributed by atoms with E-state index in [0.29, 0.717) is 6.04 Å². The summed E-state index contributed by atoms with van der Waals surface area (Å²) in [6, 6.07) is 2.77. The Hall–Kier alpha value is -0.830. The van der Waals surface area contributed by atoms with Crippen molar-refractivity contribution in [3.05, 3.63) is 18.0 Å². The van der Waals surface area contributed by atoms with E-state index in [1.54, 1.807) is 0 Å². The van der Waals surface area contributed by atoms with E-state index >= 15 is 0 Å². The van der Waals surface area contributed by atoms with Crippen molar-refractivity contribution < 1.29 is 0 Å². The molecule has 1 aliphatic carbocycles. The zero-order valence-corrected chi connectivity index (χ0v) is 12.0. The molecule has 0 radical (unpaired) electrons. The Morgan fingerprint density at radius 1 is 1.33 bits per heavy atom. The van der Waals surface area contributed by atoms with Gasteiger partial charge in [-0.3, -0.25) is 4.68 Å². The Labute approximate surface area is 111 Å². The van der Waals surface area contributed by atoms with E-state index in [0.717, 1.165) is 18.3 Å². The Kier molecular flexibility index (Phi) is 4.81. The zero-order valence-electron chi connectivity index (χ0n) is 12.0. The highest BCUT2D eigenvalue weighted by Gasteiger charge is 2.25. The Balaban J connectivity index is 1.90. The largest absolute Gasteiger partial charge is 0.314 e. The summed E-state index contributed by atoms with van der Waals surface area (Å²) in [6.45, 7) is 5.64. The van der Waals surface area contributed by atoms with E-state index in [2.05, 4.69) is 36.5 Å². The average Bonchev–Trinajstić information content (AvgIpc) is 2.73. The first-order valence-corrected chi connectivity index (χ1v) is 7.37. The van der Waals surface area contributed by atoms with Crippen LogP contribution in [0.2, 0.25) is 0 Å². The van der Waals surface area contributed by atoms with Crippen molar-refractivity contribution >= 4 is 0 Å². The maximum Gasteiger partial charge on any atom is 0.0627 e. The number of nitrogens with one attached hydrogen (secondary N) is 1. The van der Waals surface area contributed by atoms with Crippen LogP contribution in [0.1, 0.15) is 45.2 Å². The molecule has 0 spiro atoms. The SMILES string of the molecule is CC(C)NCC1CCCCC1Cc1ccn(C)n1. The highest BCUT2D eigenvalue weighted by atomic mass is 15.2. The summed E-state index contributed by atoms with van der Waals surface area (Å²) in [5, 5.41) is 8.14. The van der Waals surface area contributed by atoms with Gasteiger partial charge in [0.2, 0.25) is 0 Å². The minimum Gasteiger partial charge on any atom is -0.314 e. The molecular weight excluding hydrogens is 222 g/mol. The van der Waals surface area contributed by atoms with Crippen molar-refractivity contribution in [1.29, 1.82) is 0 Å². The molecule has 1 aromatic rings. The summed E-state index contributed by atoms with van der Waals surface area (Å²) in [5.41, 5.74) is 1.26. The van der Waals surface area contributed by atoms with Crippen LogP contribution in [0.15, 0.2) is 12.3 Å². The molecule has 0 aromatic carbocycles. The maximum absolute atomic E-state index is 4.53. The Morgan fingerprint density at radius 2 is 2.06 bits per heavy atom. The molecule has 1 fully saturated rings. The molecule has 2 rings (SSSR count). The Morgan fingerprint density at radius 3 is 2.67 bits per heavy atom. The van der Waals surface area contributed by atoms with Crippen LogP contribution in [-0.2, 0) is 13.5 Å². The number of hydrogen-bond donors (Lipinski definition) is 1. The predicted molar refractivity (Wildman–Crippen MR) is 75.5 cm³/mol. The number of nitrogens with zero attached hydrogens (tertiary/aromatic N) is 2. The third kappa shape index (κ3) is 3.84. The molecule has 2 unspecified atom stereocenters. The van der Waals surface area contributed by atoms with Crippen LogP contribution in [0.5, 0.6) is 0 Å². The van der Waals surface area contributed by atoms with Crippen molar-refractivity contribution in [2.45, 2.75) is 52.0 Å². The summed E-state index contributed by atoms with van der Waals surface area (Å²) in [6.07, 6.45) is 8.78. The van der Waals surface area contributed by atoms with E-state index in [1.165, 1.54) is 37.9 Å². The van der Waals surface area contributed by atoms with E-state index in [-0.39, 0.29) is 0 Å². The lowest BCUT2D eigenvalue weighted by molar-refractivity contribution is 0.223. The highest BCUT2D eigenvalue weighted by molar-refractivity contribution is 5.01. The fourth-order valence-electron chi connectivity index (χ4n) is 3.05. The molecule has 0 bridgehead atoms. The van der Waals surface area contributed by atoms with Crippen LogP contribution in [-0.4, -0.2) is 22.4 Å². The second-order valence-electron chi connectivity index (χ2n) is 6.05. The topological polar surface area (TPSA) is 29.9 Å². The monoisotopic (exact) mass is 249 g/mol. The molecule has 1 heterocycles. The molecule has 2 atom stereocenters. The molecule has 0 amide bonds. The van der Waals surface area contributed by atoms with Gasteiger partial charge >= 0.3 is 0 Å². The van der Waals surface area contributed by atoms with Crippen LogP contribution in [0.3, 0.4) is 0 Å². The average molecular weight is 249 g/mol. The van der Waals surface area contributed by atoms with Gasteiger partial charge in [0, 0.05) is 19.3 Å². The Bertz CT molecular complexity index is 356. The molecule has 1 aromatic heterocycles. The van der Waals surface area contributed by atoms with E-state index in [4.69, 9.17) is 0 Å². The van der Waals surface area contributed by atoms with Gasteiger partial charge in [0.25, 0.3) is 0 Å².